The molecule has 0 radical (unpaired) electrons. The molecule has 0 aliphatic rings. The normalized spacial score (nSPS) is 13.8. The molecule has 0 heterocycles. The highest BCUT2D eigenvalue weighted by Crippen LogP contribution is 2.33. The van der Waals surface area contributed by atoms with Crippen LogP contribution in [0.25, 0.3) is 0 Å². The van der Waals surface area contributed by atoms with E-state index in [1.165, 1.54) is 0 Å². The minimum absolute atomic E-state index is 0.358. The fourth-order valence-corrected chi connectivity index (χ4v) is 3.19. The third kappa shape index (κ3) is 5.94. The SMILES string of the molecule is CC(CN(C)C)NS(=O)(=O)c1ccc(OC(F)(F)F)c([N+](=O)[O-])c1. The summed E-state index contributed by atoms with van der Waals surface area (Å²) in [4.78, 5) is 10.9. The first-order chi connectivity index (χ1) is 10.8. The van der Waals surface area contributed by atoms with Gasteiger partial charge in [-0.2, -0.15) is 0 Å². The van der Waals surface area contributed by atoms with Crippen LogP contribution < -0.4 is 9.46 Å². The van der Waals surface area contributed by atoms with Crippen molar-refractivity contribution in [2.45, 2.75) is 24.2 Å². The van der Waals surface area contributed by atoms with Gasteiger partial charge < -0.3 is 9.64 Å². The van der Waals surface area contributed by atoms with Crippen molar-refractivity contribution in [1.29, 1.82) is 0 Å². The van der Waals surface area contributed by atoms with Gasteiger partial charge in [-0.3, -0.25) is 10.1 Å². The molecule has 0 fully saturated rings. The molecule has 0 spiro atoms. The summed E-state index contributed by atoms with van der Waals surface area (Å²) in [5.74, 6) is -1.09. The summed E-state index contributed by atoms with van der Waals surface area (Å²) in [7, 11) is -0.697. The summed E-state index contributed by atoms with van der Waals surface area (Å²) >= 11 is 0. The van der Waals surface area contributed by atoms with Crippen molar-refractivity contribution in [3.63, 3.8) is 0 Å². The van der Waals surface area contributed by atoms with Gasteiger partial charge in [0.1, 0.15) is 0 Å². The Morgan fingerprint density at radius 2 is 1.96 bits per heavy atom. The van der Waals surface area contributed by atoms with Gasteiger partial charge in [-0.05, 0) is 33.2 Å². The van der Waals surface area contributed by atoms with E-state index in [9.17, 15) is 31.7 Å². The number of rotatable bonds is 7. The van der Waals surface area contributed by atoms with Gasteiger partial charge in [0.25, 0.3) is 0 Å². The van der Waals surface area contributed by atoms with Crippen molar-refractivity contribution in [2.24, 2.45) is 0 Å². The molecule has 1 aromatic carbocycles. The minimum Gasteiger partial charge on any atom is -0.398 e. The maximum Gasteiger partial charge on any atom is 0.573 e. The van der Waals surface area contributed by atoms with Gasteiger partial charge >= 0.3 is 12.0 Å². The Bertz CT molecular complexity index is 706. The lowest BCUT2D eigenvalue weighted by Crippen LogP contribution is -2.39. The van der Waals surface area contributed by atoms with E-state index in [0.29, 0.717) is 18.7 Å². The highest BCUT2D eigenvalue weighted by Gasteiger charge is 2.35. The van der Waals surface area contributed by atoms with E-state index < -0.39 is 43.7 Å². The zero-order chi connectivity index (χ0) is 18.7. The van der Waals surface area contributed by atoms with Crippen LogP contribution in [0.1, 0.15) is 6.92 Å². The number of nitro groups is 1. The summed E-state index contributed by atoms with van der Waals surface area (Å²) in [5.41, 5.74) is -1.10. The number of benzene rings is 1. The van der Waals surface area contributed by atoms with Gasteiger partial charge in [0.15, 0.2) is 0 Å². The van der Waals surface area contributed by atoms with E-state index in [4.69, 9.17) is 0 Å². The standard InChI is InChI=1S/C12H16F3N3O5S/c1-8(7-17(2)3)16-24(21,22)9-4-5-11(23-12(13,14)15)10(6-9)18(19)20/h4-6,8,16H,7H2,1-3H3. The van der Waals surface area contributed by atoms with Crippen molar-refractivity contribution in [1.82, 2.24) is 9.62 Å². The molecule has 0 saturated carbocycles. The molecular weight excluding hydrogens is 355 g/mol. The van der Waals surface area contributed by atoms with Crippen LogP contribution in [0.5, 0.6) is 5.75 Å². The Kier molecular flexibility index (Phi) is 6.14. The Labute approximate surface area is 136 Å². The van der Waals surface area contributed by atoms with Gasteiger partial charge in [-0.25, -0.2) is 13.1 Å². The summed E-state index contributed by atoms with van der Waals surface area (Å²) in [6, 6.07) is 1.40. The average Bonchev–Trinajstić information content (AvgIpc) is 2.34. The van der Waals surface area contributed by atoms with Gasteiger partial charge in [-0.1, -0.05) is 0 Å². The average molecular weight is 371 g/mol. The molecule has 0 amide bonds. The van der Waals surface area contributed by atoms with Gasteiger partial charge in [0.05, 0.1) is 9.82 Å². The Morgan fingerprint density at radius 1 is 1.38 bits per heavy atom. The number of hydrogen-bond donors (Lipinski definition) is 1. The third-order valence-electron chi connectivity index (χ3n) is 2.66. The first kappa shape index (κ1) is 20.1. The monoisotopic (exact) mass is 371 g/mol. The molecule has 12 heteroatoms. The number of nitro benzene ring substituents is 1. The van der Waals surface area contributed by atoms with Crippen LogP contribution in [-0.4, -0.2) is 51.3 Å². The molecule has 0 aliphatic carbocycles. The Morgan fingerprint density at radius 3 is 2.42 bits per heavy atom. The molecular formula is C12H16F3N3O5S. The van der Waals surface area contributed by atoms with Gasteiger partial charge in [0, 0.05) is 18.7 Å². The first-order valence-electron chi connectivity index (χ1n) is 6.53. The van der Waals surface area contributed by atoms with E-state index >= 15 is 0 Å². The lowest BCUT2D eigenvalue weighted by atomic mass is 10.3. The summed E-state index contributed by atoms with van der Waals surface area (Å²) < 4.78 is 66.9. The highest BCUT2D eigenvalue weighted by atomic mass is 32.2. The van der Waals surface area contributed by atoms with Crippen LogP contribution >= 0.6 is 0 Å². The van der Waals surface area contributed by atoms with Crippen LogP contribution in [0.2, 0.25) is 0 Å². The highest BCUT2D eigenvalue weighted by molar-refractivity contribution is 7.89. The molecule has 1 rings (SSSR count). The van der Waals surface area contributed by atoms with Crippen molar-refractivity contribution in [3.05, 3.63) is 28.3 Å². The number of ether oxygens (including phenoxy) is 1. The first-order valence-corrected chi connectivity index (χ1v) is 8.01. The van der Waals surface area contributed by atoms with E-state index in [1.54, 1.807) is 25.9 Å². The van der Waals surface area contributed by atoms with Crippen LogP contribution in [-0.2, 0) is 10.0 Å². The predicted octanol–water partition coefficient (Wildman–Crippen LogP) is 1.72. The molecule has 0 aliphatic heterocycles. The maximum atomic E-state index is 12.2. The number of nitrogens with one attached hydrogen (secondary N) is 1. The lowest BCUT2D eigenvalue weighted by Gasteiger charge is -2.18. The smallest absolute Gasteiger partial charge is 0.398 e. The molecule has 1 unspecified atom stereocenters. The van der Waals surface area contributed by atoms with Crippen LogP contribution in [0.4, 0.5) is 18.9 Å². The topological polar surface area (TPSA) is 102 Å². The number of sulfonamides is 1. The second-order valence-electron chi connectivity index (χ2n) is 5.22. The molecule has 24 heavy (non-hydrogen) atoms. The molecule has 1 aromatic rings. The number of likely N-dealkylation sites (N-methyl/N-ethyl adjacent to an activating group) is 1. The van der Waals surface area contributed by atoms with Crippen molar-refractivity contribution in [2.75, 3.05) is 20.6 Å². The lowest BCUT2D eigenvalue weighted by molar-refractivity contribution is -0.388. The Hall–Kier alpha value is -1.92. The minimum atomic E-state index is -5.14. The molecule has 0 aromatic heterocycles. The van der Waals surface area contributed by atoms with Gasteiger partial charge in [-0.15, -0.1) is 13.2 Å². The number of alkyl halides is 3. The zero-order valence-electron chi connectivity index (χ0n) is 13.0. The summed E-state index contributed by atoms with van der Waals surface area (Å²) in [6.45, 7) is 1.93. The van der Waals surface area contributed by atoms with Crippen molar-refractivity contribution in [3.8, 4) is 5.75 Å². The Balaban J connectivity index is 3.17. The number of halogens is 3. The molecule has 0 saturated heterocycles. The number of hydrogen-bond acceptors (Lipinski definition) is 6. The van der Waals surface area contributed by atoms with Crippen molar-refractivity contribution >= 4 is 15.7 Å². The van der Waals surface area contributed by atoms with Crippen molar-refractivity contribution < 1.29 is 31.2 Å². The molecule has 1 atom stereocenters. The van der Waals surface area contributed by atoms with Crippen LogP contribution in [0, 0.1) is 10.1 Å². The maximum absolute atomic E-state index is 12.2. The fourth-order valence-electron chi connectivity index (χ4n) is 1.94. The van der Waals surface area contributed by atoms with Crippen LogP contribution in [0.15, 0.2) is 23.1 Å². The summed E-state index contributed by atoms with van der Waals surface area (Å²) in [5, 5.41) is 10.9. The summed E-state index contributed by atoms with van der Waals surface area (Å²) in [6.07, 6.45) is -5.14. The largest absolute Gasteiger partial charge is 0.573 e. The quantitative estimate of drug-likeness (QED) is 0.578. The van der Waals surface area contributed by atoms with E-state index in [0.717, 1.165) is 6.07 Å². The number of nitrogens with zero attached hydrogens (tertiary/aromatic N) is 2. The fraction of sp³-hybridized carbons (Fsp3) is 0.500. The zero-order valence-corrected chi connectivity index (χ0v) is 13.8. The van der Waals surface area contributed by atoms with Gasteiger partial charge in [0.2, 0.25) is 15.8 Å². The van der Waals surface area contributed by atoms with E-state index in [2.05, 4.69) is 9.46 Å². The third-order valence-corrected chi connectivity index (χ3v) is 4.25. The van der Waals surface area contributed by atoms with E-state index in [1.807, 2.05) is 0 Å². The van der Waals surface area contributed by atoms with Crippen LogP contribution in [0.3, 0.4) is 0 Å². The molecule has 1 N–H and O–H groups in total. The second-order valence-corrected chi connectivity index (χ2v) is 6.93. The van der Waals surface area contributed by atoms with E-state index in [-0.39, 0.29) is 0 Å². The molecule has 8 nitrogen and oxygen atoms in total. The molecule has 0 bridgehead atoms. The second kappa shape index (κ2) is 7.32. The predicted molar refractivity (Wildman–Crippen MR) is 78.1 cm³/mol. The molecule has 136 valence electrons.